The average Bonchev–Trinajstić information content (AvgIpc) is 2.05. The molecule has 1 rings (SSSR count). The van der Waals surface area contributed by atoms with Gasteiger partial charge in [-0.3, -0.25) is 0 Å². The Morgan fingerprint density at radius 2 is 1.73 bits per heavy atom. The highest BCUT2D eigenvalue weighted by Crippen LogP contribution is 2.23. The summed E-state index contributed by atoms with van der Waals surface area (Å²) in [5, 5.41) is 0. The van der Waals surface area contributed by atoms with E-state index in [1.807, 2.05) is 32.0 Å². The molecular weight excluding hydrogens is 139 g/mol. The zero-order chi connectivity index (χ0) is 8.27. The van der Waals surface area contributed by atoms with Gasteiger partial charge < -0.3 is 0 Å². The van der Waals surface area contributed by atoms with Crippen LogP contribution >= 0.6 is 0 Å². The fourth-order valence-electron chi connectivity index (χ4n) is 0.931. The van der Waals surface area contributed by atoms with Crippen molar-refractivity contribution < 1.29 is 4.39 Å². The van der Waals surface area contributed by atoms with Crippen molar-refractivity contribution in [1.29, 1.82) is 0 Å². The second kappa shape index (κ2) is 3.51. The monoisotopic (exact) mass is 151 g/mol. The Morgan fingerprint density at radius 3 is 2.18 bits per heavy atom. The number of hydrogen-bond donors (Lipinski definition) is 0. The molecule has 0 spiro atoms. The van der Waals surface area contributed by atoms with E-state index in [9.17, 15) is 4.39 Å². The summed E-state index contributed by atoms with van der Waals surface area (Å²) in [5.74, 6) is -0.0163. The molecule has 0 atom stereocenters. The van der Waals surface area contributed by atoms with Crippen molar-refractivity contribution in [3.05, 3.63) is 42.1 Å². The molecule has 0 N–H and O–H groups in total. The smallest absolute Gasteiger partial charge is 0.176 e. The summed E-state index contributed by atoms with van der Waals surface area (Å²) in [6.45, 7) is 3.70. The van der Waals surface area contributed by atoms with E-state index in [1.165, 1.54) is 0 Å². The lowest BCUT2D eigenvalue weighted by Gasteiger charge is -2.09. The average molecular weight is 151 g/mol. The highest BCUT2D eigenvalue weighted by molar-refractivity contribution is 5.26. The third-order valence-corrected chi connectivity index (χ3v) is 1.56. The van der Waals surface area contributed by atoms with E-state index >= 15 is 0 Å². The Kier molecular flexibility index (Phi) is 2.64. The standard InChI is InChI=1S/C10H12F/c1-8(2)10(11)9-6-4-3-5-7-9/h3-8H,1-2H3. The Hall–Kier alpha value is -0.850. The van der Waals surface area contributed by atoms with Crippen LogP contribution < -0.4 is 0 Å². The lowest BCUT2D eigenvalue weighted by molar-refractivity contribution is 0.428. The minimum absolute atomic E-state index is 0.0163. The second-order valence-corrected chi connectivity index (χ2v) is 2.87. The fourth-order valence-corrected chi connectivity index (χ4v) is 0.931. The quantitative estimate of drug-likeness (QED) is 0.609. The molecule has 0 fully saturated rings. The summed E-state index contributed by atoms with van der Waals surface area (Å²) in [6.07, 6.45) is -0.0365. The minimum Gasteiger partial charge on any atom is -0.234 e. The molecule has 0 saturated carbocycles. The summed E-state index contributed by atoms with van der Waals surface area (Å²) < 4.78 is 13.2. The molecule has 1 radical (unpaired) electrons. The van der Waals surface area contributed by atoms with Crippen LogP contribution in [-0.2, 0) is 0 Å². The van der Waals surface area contributed by atoms with Crippen LogP contribution in [0.25, 0.3) is 0 Å². The van der Waals surface area contributed by atoms with Gasteiger partial charge >= 0.3 is 0 Å². The van der Waals surface area contributed by atoms with E-state index in [2.05, 4.69) is 0 Å². The predicted octanol–water partition coefficient (Wildman–Crippen LogP) is 3.19. The van der Waals surface area contributed by atoms with E-state index in [4.69, 9.17) is 0 Å². The van der Waals surface area contributed by atoms with E-state index in [-0.39, 0.29) is 12.1 Å². The highest BCUT2D eigenvalue weighted by atomic mass is 19.1. The molecule has 59 valence electrons. The van der Waals surface area contributed by atoms with E-state index in [0.717, 1.165) is 0 Å². The van der Waals surface area contributed by atoms with Crippen LogP contribution in [0.1, 0.15) is 19.4 Å². The summed E-state index contributed by atoms with van der Waals surface area (Å²) >= 11 is 0. The summed E-state index contributed by atoms with van der Waals surface area (Å²) in [5.41, 5.74) is 0.697. The van der Waals surface area contributed by atoms with E-state index in [0.29, 0.717) is 5.56 Å². The van der Waals surface area contributed by atoms with Gasteiger partial charge in [-0.2, -0.15) is 0 Å². The first kappa shape index (κ1) is 8.25. The van der Waals surface area contributed by atoms with Crippen molar-refractivity contribution in [2.24, 2.45) is 5.92 Å². The van der Waals surface area contributed by atoms with Crippen LogP contribution in [0, 0.1) is 12.1 Å². The minimum atomic E-state index is -0.0365. The molecule has 1 aromatic carbocycles. The first-order chi connectivity index (χ1) is 5.22. The van der Waals surface area contributed by atoms with Gasteiger partial charge in [-0.1, -0.05) is 44.2 Å². The molecule has 1 aromatic rings. The molecule has 0 aromatic heterocycles. The Labute approximate surface area is 67.1 Å². The number of hydrogen-bond acceptors (Lipinski definition) is 0. The van der Waals surface area contributed by atoms with Crippen LogP contribution in [0.2, 0.25) is 0 Å². The molecule has 11 heavy (non-hydrogen) atoms. The lowest BCUT2D eigenvalue weighted by atomic mass is 10.0. The van der Waals surface area contributed by atoms with Gasteiger partial charge in [-0.05, 0) is 11.5 Å². The maximum absolute atomic E-state index is 13.2. The lowest BCUT2D eigenvalue weighted by Crippen LogP contribution is -2.00. The van der Waals surface area contributed by atoms with Gasteiger partial charge in [0, 0.05) is 0 Å². The second-order valence-electron chi connectivity index (χ2n) is 2.87. The molecule has 1 heteroatoms. The maximum atomic E-state index is 13.2. The first-order valence-electron chi connectivity index (χ1n) is 3.79. The van der Waals surface area contributed by atoms with Crippen molar-refractivity contribution in [2.45, 2.75) is 13.8 Å². The van der Waals surface area contributed by atoms with Gasteiger partial charge in [0.1, 0.15) is 0 Å². The third kappa shape index (κ3) is 2.04. The number of rotatable bonds is 2. The van der Waals surface area contributed by atoms with Crippen molar-refractivity contribution in [2.75, 3.05) is 0 Å². The topological polar surface area (TPSA) is 0 Å². The molecule has 0 amide bonds. The fraction of sp³-hybridized carbons (Fsp3) is 0.300. The maximum Gasteiger partial charge on any atom is 0.176 e. The van der Waals surface area contributed by atoms with Crippen LogP contribution in [0.15, 0.2) is 30.3 Å². The van der Waals surface area contributed by atoms with Gasteiger partial charge in [-0.15, -0.1) is 0 Å². The SMILES string of the molecule is CC(C)[C](F)c1ccccc1. The van der Waals surface area contributed by atoms with Gasteiger partial charge in [0.05, 0.1) is 0 Å². The Balaban J connectivity index is 2.77. The van der Waals surface area contributed by atoms with Crippen molar-refractivity contribution >= 4 is 0 Å². The first-order valence-corrected chi connectivity index (χ1v) is 3.79. The Bertz CT molecular complexity index is 203. The van der Waals surface area contributed by atoms with Gasteiger partial charge in [-0.25, -0.2) is 4.39 Å². The van der Waals surface area contributed by atoms with E-state index in [1.54, 1.807) is 12.1 Å². The predicted molar refractivity (Wildman–Crippen MR) is 44.7 cm³/mol. The zero-order valence-electron chi connectivity index (χ0n) is 6.84. The molecule has 0 aliphatic heterocycles. The summed E-state index contributed by atoms with van der Waals surface area (Å²) in [4.78, 5) is 0. The van der Waals surface area contributed by atoms with Crippen molar-refractivity contribution in [1.82, 2.24) is 0 Å². The van der Waals surface area contributed by atoms with Gasteiger partial charge in [0.25, 0.3) is 0 Å². The molecule has 0 heterocycles. The van der Waals surface area contributed by atoms with Crippen LogP contribution in [0.5, 0.6) is 0 Å². The molecule has 0 nitrogen and oxygen atoms in total. The molecule has 0 bridgehead atoms. The summed E-state index contributed by atoms with van der Waals surface area (Å²) in [6, 6.07) is 9.15. The Morgan fingerprint density at radius 1 is 1.18 bits per heavy atom. The molecule has 0 aliphatic carbocycles. The number of benzene rings is 1. The zero-order valence-corrected chi connectivity index (χ0v) is 6.84. The molecule has 0 unspecified atom stereocenters. The van der Waals surface area contributed by atoms with Crippen molar-refractivity contribution in [3.63, 3.8) is 0 Å². The molecule has 0 saturated heterocycles. The molecule has 0 aliphatic rings. The van der Waals surface area contributed by atoms with Gasteiger partial charge in [0.15, 0.2) is 6.17 Å². The third-order valence-electron chi connectivity index (χ3n) is 1.56. The summed E-state index contributed by atoms with van der Waals surface area (Å²) in [7, 11) is 0. The van der Waals surface area contributed by atoms with Crippen LogP contribution in [-0.4, -0.2) is 0 Å². The normalized spacial score (nSPS) is 11.0. The van der Waals surface area contributed by atoms with Crippen LogP contribution in [0.3, 0.4) is 0 Å². The van der Waals surface area contributed by atoms with Crippen molar-refractivity contribution in [3.8, 4) is 0 Å². The van der Waals surface area contributed by atoms with E-state index < -0.39 is 0 Å². The van der Waals surface area contributed by atoms with Crippen LogP contribution in [0.4, 0.5) is 4.39 Å². The highest BCUT2D eigenvalue weighted by Gasteiger charge is 2.14. The van der Waals surface area contributed by atoms with Gasteiger partial charge in [0.2, 0.25) is 0 Å². The number of halogens is 1. The largest absolute Gasteiger partial charge is 0.234 e. The molecular formula is C10H12F.